The van der Waals surface area contributed by atoms with Crippen molar-refractivity contribution < 1.29 is 42.1 Å². The number of ketones is 1. The molecular formula is C51H79NO8P+. The number of fused-ring (bicyclic) bond motifs is 2. The van der Waals surface area contributed by atoms with E-state index in [1.54, 1.807) is 0 Å². The molecule has 9 nitrogen and oxygen atoms in total. The predicted molar refractivity (Wildman–Crippen MR) is 252 cm³/mol. The molecule has 340 valence electrons. The fraction of sp³-hybridized carbons (Fsp3) is 0.608. The Kier molecular flexibility index (Phi) is 26.3. The normalized spacial score (nSPS) is 13.7. The lowest BCUT2D eigenvalue weighted by molar-refractivity contribution is -0.870. The van der Waals surface area contributed by atoms with Crippen LogP contribution in [0.3, 0.4) is 0 Å². The first-order chi connectivity index (χ1) is 29.5. The summed E-state index contributed by atoms with van der Waals surface area (Å²) in [5, 5.41) is 4.62. The Morgan fingerprint density at radius 3 is 1.89 bits per heavy atom. The van der Waals surface area contributed by atoms with Gasteiger partial charge in [-0.05, 0) is 91.1 Å². The summed E-state index contributed by atoms with van der Waals surface area (Å²) in [4.78, 5) is 35.9. The van der Waals surface area contributed by atoms with E-state index in [1.807, 2.05) is 51.5 Å². The number of unbranched alkanes of at least 4 members (excludes halogenated alkanes) is 15. The first kappa shape index (κ1) is 52.2. The van der Waals surface area contributed by atoms with Crippen LogP contribution in [0, 0.1) is 0 Å². The predicted octanol–water partition coefficient (Wildman–Crippen LogP) is 13.3. The van der Waals surface area contributed by atoms with Gasteiger partial charge in [-0.1, -0.05) is 138 Å². The van der Waals surface area contributed by atoms with E-state index in [9.17, 15) is 19.0 Å². The molecule has 0 amide bonds. The number of hydrogen-bond acceptors (Lipinski definition) is 7. The van der Waals surface area contributed by atoms with E-state index in [0.29, 0.717) is 30.5 Å². The molecule has 10 heteroatoms. The molecule has 0 bridgehead atoms. The van der Waals surface area contributed by atoms with Crippen molar-refractivity contribution in [2.75, 3.05) is 54.1 Å². The van der Waals surface area contributed by atoms with Crippen molar-refractivity contribution in [3.63, 3.8) is 0 Å². The third-order valence-electron chi connectivity index (χ3n) is 10.8. The largest absolute Gasteiger partial charge is 0.472 e. The first-order valence-corrected chi connectivity index (χ1v) is 24.9. The van der Waals surface area contributed by atoms with Crippen LogP contribution in [0.15, 0.2) is 78.9 Å². The van der Waals surface area contributed by atoms with E-state index in [2.05, 4.69) is 55.5 Å². The Hall–Kier alpha value is -3.17. The highest BCUT2D eigenvalue weighted by Crippen LogP contribution is 2.44. The molecule has 0 aliphatic carbocycles. The molecule has 0 saturated carbocycles. The first-order valence-electron chi connectivity index (χ1n) is 23.4. The van der Waals surface area contributed by atoms with Gasteiger partial charge in [0.1, 0.15) is 25.9 Å². The Morgan fingerprint density at radius 2 is 1.23 bits per heavy atom. The number of nitrogens with zero attached hydrogens (tertiary/aromatic N) is 1. The number of quaternary nitrogens is 1. The molecule has 61 heavy (non-hydrogen) atoms. The Bertz CT molecular complexity index is 1780. The summed E-state index contributed by atoms with van der Waals surface area (Å²) in [7, 11) is 1.53. The molecule has 3 rings (SSSR count). The van der Waals surface area contributed by atoms with Gasteiger partial charge < -0.3 is 18.9 Å². The minimum Gasteiger partial charge on any atom is -0.463 e. The van der Waals surface area contributed by atoms with Crippen LogP contribution >= 0.6 is 7.82 Å². The highest BCUT2D eigenvalue weighted by molar-refractivity contribution is 7.47. The van der Waals surface area contributed by atoms with Gasteiger partial charge in [0, 0.05) is 25.0 Å². The number of carbonyl (C=O) groups is 2. The maximum atomic E-state index is 12.9. The van der Waals surface area contributed by atoms with E-state index in [-0.39, 0.29) is 38.0 Å². The number of likely N-dealkylation sites (N-methyl/N-ethyl adjacent to an activating group) is 1. The van der Waals surface area contributed by atoms with E-state index in [1.165, 1.54) is 55.7 Å². The second-order valence-electron chi connectivity index (χ2n) is 17.5. The van der Waals surface area contributed by atoms with E-state index in [4.69, 9.17) is 18.5 Å². The summed E-state index contributed by atoms with van der Waals surface area (Å²) in [6, 6.07) is 18.6. The number of benzene rings is 3. The molecule has 0 aliphatic rings. The maximum absolute atomic E-state index is 12.9. The van der Waals surface area contributed by atoms with Crippen LogP contribution in [0.5, 0.6) is 0 Å². The summed E-state index contributed by atoms with van der Waals surface area (Å²) < 4.78 is 35.3. The van der Waals surface area contributed by atoms with Crippen molar-refractivity contribution in [1.29, 1.82) is 0 Å². The molecule has 1 unspecified atom stereocenters. The van der Waals surface area contributed by atoms with E-state index in [0.717, 1.165) is 87.0 Å². The van der Waals surface area contributed by atoms with Crippen molar-refractivity contribution in [1.82, 2.24) is 0 Å². The summed E-state index contributed by atoms with van der Waals surface area (Å²) in [6.07, 6.45) is 29.5. The molecule has 2 atom stereocenters. The number of hydrogen-bond donors (Lipinski definition) is 1. The van der Waals surface area contributed by atoms with E-state index < -0.39 is 13.9 Å². The SMILES string of the molecule is CCCCC/C=C\C/C=C\CCCCCCCCOC[C@@H](COC(=O)CCCCCCCCCC(=O)c1ccc2cc3ccccc3cc2c1)OP(=O)(O)OCC[N+](C)(C)C. The third kappa shape index (κ3) is 24.9. The summed E-state index contributed by atoms with van der Waals surface area (Å²) in [5.41, 5.74) is 0.775. The molecule has 0 aliphatic heterocycles. The molecule has 0 heterocycles. The number of esters is 1. The Labute approximate surface area is 368 Å². The van der Waals surface area contributed by atoms with Gasteiger partial charge >= 0.3 is 13.8 Å². The summed E-state index contributed by atoms with van der Waals surface area (Å²) in [5.74, 6) is -0.174. The van der Waals surface area contributed by atoms with Crippen molar-refractivity contribution >= 4 is 41.1 Å². The second kappa shape index (κ2) is 30.8. The Morgan fingerprint density at radius 1 is 0.656 bits per heavy atom. The van der Waals surface area contributed by atoms with Gasteiger partial charge in [0.2, 0.25) is 0 Å². The number of Topliss-reactive ketones (excluding diaryl/α,β-unsaturated/α-hetero) is 1. The smallest absolute Gasteiger partial charge is 0.463 e. The number of rotatable bonds is 36. The molecule has 3 aromatic carbocycles. The molecule has 0 fully saturated rings. The van der Waals surface area contributed by atoms with Crippen molar-refractivity contribution in [3.8, 4) is 0 Å². The average molecular weight is 865 g/mol. The van der Waals surface area contributed by atoms with Crippen LogP contribution in [0.2, 0.25) is 0 Å². The molecule has 0 spiro atoms. The van der Waals surface area contributed by atoms with Crippen molar-refractivity contribution in [3.05, 3.63) is 84.5 Å². The summed E-state index contributed by atoms with van der Waals surface area (Å²) in [6.45, 7) is 3.17. The van der Waals surface area contributed by atoms with Gasteiger partial charge in [0.15, 0.2) is 5.78 Å². The zero-order valence-electron chi connectivity index (χ0n) is 38.2. The number of phosphoric ester groups is 1. The molecular weight excluding hydrogens is 786 g/mol. The standard InChI is InChI=1S/C51H78NO8P/c1-5-6-7-8-9-10-11-12-13-14-15-16-17-21-24-29-37-57-42-49(60-61(55,56)59-38-36-52(2,3)4)43-58-51(54)33-26-23-20-18-19-22-25-32-50(53)47-35-34-46-39-44-30-27-28-31-45(44)40-48(46)41-47/h9-10,12-13,27-28,30-31,34-35,39-41,49H,5-8,11,14-26,29,32-33,36-38,42-43H2,1-4H3/p+1/b10-9-,13-12-/t49-/m0/s1. The lowest BCUT2D eigenvalue weighted by Crippen LogP contribution is -2.37. The molecule has 0 saturated heterocycles. The van der Waals surface area contributed by atoms with Crippen LogP contribution < -0.4 is 0 Å². The van der Waals surface area contributed by atoms with Crippen molar-refractivity contribution in [2.45, 2.75) is 148 Å². The van der Waals surface area contributed by atoms with Gasteiger partial charge in [0.25, 0.3) is 0 Å². The van der Waals surface area contributed by atoms with Gasteiger partial charge in [0.05, 0.1) is 27.7 Å². The molecule has 0 aromatic heterocycles. The van der Waals surface area contributed by atoms with Crippen LogP contribution in [0.4, 0.5) is 0 Å². The van der Waals surface area contributed by atoms with Crippen molar-refractivity contribution in [2.24, 2.45) is 0 Å². The zero-order valence-corrected chi connectivity index (χ0v) is 39.1. The minimum absolute atomic E-state index is 0.0298. The number of ether oxygens (including phenoxy) is 2. The van der Waals surface area contributed by atoms with Crippen LogP contribution in [0.1, 0.15) is 152 Å². The molecule has 0 radical (unpaired) electrons. The van der Waals surface area contributed by atoms with Crippen LogP contribution in [0.25, 0.3) is 21.5 Å². The highest BCUT2D eigenvalue weighted by Gasteiger charge is 2.29. The van der Waals surface area contributed by atoms with Gasteiger partial charge in [-0.2, -0.15) is 0 Å². The number of phosphoric acid groups is 1. The second-order valence-corrected chi connectivity index (χ2v) is 19.0. The minimum atomic E-state index is -4.38. The topological polar surface area (TPSA) is 108 Å². The van der Waals surface area contributed by atoms with Crippen LogP contribution in [-0.4, -0.2) is 81.3 Å². The van der Waals surface area contributed by atoms with Gasteiger partial charge in [-0.25, -0.2) is 4.57 Å². The average Bonchev–Trinajstić information content (AvgIpc) is 3.22. The molecule has 3 aromatic rings. The number of carbonyl (C=O) groups excluding carboxylic acids is 2. The van der Waals surface area contributed by atoms with E-state index >= 15 is 0 Å². The highest BCUT2D eigenvalue weighted by atomic mass is 31.2. The van der Waals surface area contributed by atoms with Gasteiger partial charge in [-0.15, -0.1) is 0 Å². The lowest BCUT2D eigenvalue weighted by atomic mass is 9.98. The maximum Gasteiger partial charge on any atom is 0.472 e. The monoisotopic (exact) mass is 865 g/mol. The zero-order chi connectivity index (χ0) is 44.0. The fourth-order valence-electron chi connectivity index (χ4n) is 7.12. The van der Waals surface area contributed by atoms with Crippen LogP contribution in [-0.2, 0) is 27.9 Å². The van der Waals surface area contributed by atoms with Gasteiger partial charge in [-0.3, -0.25) is 18.6 Å². The third-order valence-corrected chi connectivity index (χ3v) is 11.9. The molecule has 1 N–H and O–H groups in total. The lowest BCUT2D eigenvalue weighted by Gasteiger charge is -2.25. The fourth-order valence-corrected chi connectivity index (χ4v) is 7.99. The number of allylic oxidation sites excluding steroid dienone is 4. The summed E-state index contributed by atoms with van der Waals surface area (Å²) >= 11 is 0. The Balaban J connectivity index is 1.25. The quantitative estimate of drug-likeness (QED) is 0.0117.